The third-order valence-corrected chi connectivity index (χ3v) is 4.20. The fourth-order valence-electron chi connectivity index (χ4n) is 2.51. The molecule has 1 saturated heterocycles. The van der Waals surface area contributed by atoms with E-state index >= 15 is 0 Å². The lowest BCUT2D eigenvalue weighted by molar-refractivity contribution is -0.122. The quantitative estimate of drug-likeness (QED) is 0.613. The summed E-state index contributed by atoms with van der Waals surface area (Å²) in [6.45, 7) is 2.37. The molecule has 1 aliphatic rings. The minimum atomic E-state index is -0.775. The number of barbiturate groups is 1. The smallest absolute Gasteiger partial charge is 0.335 e. The zero-order chi connectivity index (χ0) is 18.7. The number of amides is 4. The Balaban J connectivity index is 1.97. The van der Waals surface area contributed by atoms with Crippen molar-refractivity contribution in [2.24, 2.45) is 0 Å². The number of benzene rings is 2. The lowest BCUT2D eigenvalue weighted by Gasteiger charge is -2.26. The van der Waals surface area contributed by atoms with E-state index in [-0.39, 0.29) is 5.57 Å². The summed E-state index contributed by atoms with van der Waals surface area (Å²) in [6, 6.07) is 12.9. The number of nitrogens with zero attached hydrogens (tertiary/aromatic N) is 1. The second-order valence-corrected chi connectivity index (χ2v) is 6.36. The molecule has 2 aromatic carbocycles. The third-order valence-electron chi connectivity index (χ3n) is 3.67. The minimum absolute atomic E-state index is 0.124. The van der Waals surface area contributed by atoms with E-state index in [1.807, 2.05) is 6.92 Å². The van der Waals surface area contributed by atoms with E-state index in [1.165, 1.54) is 6.08 Å². The summed E-state index contributed by atoms with van der Waals surface area (Å²) in [5.74, 6) is -0.774. The second-order valence-electron chi connectivity index (χ2n) is 5.44. The van der Waals surface area contributed by atoms with E-state index < -0.39 is 17.8 Å². The van der Waals surface area contributed by atoms with Crippen LogP contribution in [0.4, 0.5) is 10.5 Å². The van der Waals surface area contributed by atoms with Crippen molar-refractivity contribution >= 4 is 45.5 Å². The number of anilines is 1. The highest BCUT2D eigenvalue weighted by Crippen LogP contribution is 2.24. The summed E-state index contributed by atoms with van der Waals surface area (Å²) < 4.78 is 6.24. The molecule has 132 valence electrons. The Labute approximate surface area is 158 Å². The predicted molar refractivity (Wildman–Crippen MR) is 101 cm³/mol. The van der Waals surface area contributed by atoms with Crippen LogP contribution in [0.5, 0.6) is 5.75 Å². The van der Waals surface area contributed by atoms with Gasteiger partial charge in [0.1, 0.15) is 11.3 Å². The highest BCUT2D eigenvalue weighted by Gasteiger charge is 2.36. The average Bonchev–Trinajstić information content (AvgIpc) is 2.61. The van der Waals surface area contributed by atoms with E-state index in [0.29, 0.717) is 23.6 Å². The number of hydrogen-bond donors (Lipinski definition) is 1. The van der Waals surface area contributed by atoms with Crippen molar-refractivity contribution in [1.29, 1.82) is 0 Å². The lowest BCUT2D eigenvalue weighted by Crippen LogP contribution is -2.54. The van der Waals surface area contributed by atoms with Gasteiger partial charge in [-0.3, -0.25) is 14.9 Å². The van der Waals surface area contributed by atoms with Gasteiger partial charge in [0.15, 0.2) is 0 Å². The van der Waals surface area contributed by atoms with Crippen molar-refractivity contribution in [1.82, 2.24) is 5.32 Å². The molecule has 0 bridgehead atoms. The van der Waals surface area contributed by atoms with Crippen LogP contribution in [-0.2, 0) is 9.59 Å². The standard InChI is InChI=1S/C19H15BrN2O4/c1-2-26-15-5-3-4-12(10-15)11-16-17(23)21-19(25)22(18(16)24)14-8-6-13(20)7-9-14/h3-11H,2H2,1H3,(H,21,23,25)/b16-11+. The van der Waals surface area contributed by atoms with Crippen molar-refractivity contribution in [2.45, 2.75) is 6.92 Å². The van der Waals surface area contributed by atoms with Gasteiger partial charge in [0.05, 0.1) is 12.3 Å². The van der Waals surface area contributed by atoms with E-state index in [1.54, 1.807) is 48.5 Å². The summed E-state index contributed by atoms with van der Waals surface area (Å²) in [4.78, 5) is 38.0. The van der Waals surface area contributed by atoms with Crippen LogP contribution in [0.25, 0.3) is 6.08 Å². The molecule has 2 aromatic rings. The Hall–Kier alpha value is -2.93. The molecule has 4 amide bonds. The molecule has 0 saturated carbocycles. The number of ether oxygens (including phenoxy) is 1. The van der Waals surface area contributed by atoms with Gasteiger partial charge in [-0.05, 0) is 55.0 Å². The molecule has 0 spiro atoms. The number of carbonyl (C=O) groups excluding carboxylic acids is 3. The van der Waals surface area contributed by atoms with Crippen molar-refractivity contribution in [3.8, 4) is 5.75 Å². The van der Waals surface area contributed by atoms with Gasteiger partial charge < -0.3 is 4.74 Å². The van der Waals surface area contributed by atoms with Gasteiger partial charge in [-0.15, -0.1) is 0 Å². The minimum Gasteiger partial charge on any atom is -0.494 e. The number of hydrogen-bond acceptors (Lipinski definition) is 4. The Bertz CT molecular complexity index is 906. The maximum absolute atomic E-state index is 12.8. The van der Waals surface area contributed by atoms with Crippen LogP contribution >= 0.6 is 15.9 Å². The van der Waals surface area contributed by atoms with Crippen LogP contribution in [0.2, 0.25) is 0 Å². The van der Waals surface area contributed by atoms with Crippen molar-refractivity contribution < 1.29 is 19.1 Å². The Morgan fingerprint density at radius 3 is 2.54 bits per heavy atom. The van der Waals surface area contributed by atoms with Gasteiger partial charge >= 0.3 is 6.03 Å². The number of imide groups is 2. The molecule has 3 rings (SSSR count). The zero-order valence-electron chi connectivity index (χ0n) is 13.9. The molecule has 0 atom stereocenters. The summed E-state index contributed by atoms with van der Waals surface area (Å²) in [6.07, 6.45) is 1.44. The fourth-order valence-corrected chi connectivity index (χ4v) is 2.77. The van der Waals surface area contributed by atoms with E-state index in [4.69, 9.17) is 4.74 Å². The fraction of sp³-hybridized carbons (Fsp3) is 0.105. The number of rotatable bonds is 4. The highest BCUT2D eigenvalue weighted by atomic mass is 79.9. The average molecular weight is 415 g/mol. The molecule has 0 radical (unpaired) electrons. The van der Waals surface area contributed by atoms with Crippen LogP contribution in [0.3, 0.4) is 0 Å². The lowest BCUT2D eigenvalue weighted by atomic mass is 10.1. The van der Waals surface area contributed by atoms with Crippen LogP contribution in [0.15, 0.2) is 58.6 Å². The Morgan fingerprint density at radius 2 is 1.85 bits per heavy atom. The maximum Gasteiger partial charge on any atom is 0.335 e. The molecule has 0 aromatic heterocycles. The number of carbonyl (C=O) groups is 3. The first-order valence-electron chi connectivity index (χ1n) is 7.89. The first kappa shape index (κ1) is 17.9. The molecular formula is C19H15BrN2O4. The monoisotopic (exact) mass is 414 g/mol. The molecule has 6 nitrogen and oxygen atoms in total. The summed E-state index contributed by atoms with van der Waals surface area (Å²) in [5, 5.41) is 2.20. The van der Waals surface area contributed by atoms with Crippen molar-refractivity contribution in [2.75, 3.05) is 11.5 Å². The molecule has 1 aliphatic heterocycles. The van der Waals surface area contributed by atoms with Crippen LogP contribution in [-0.4, -0.2) is 24.5 Å². The Morgan fingerprint density at radius 1 is 1.12 bits per heavy atom. The molecular weight excluding hydrogens is 400 g/mol. The van der Waals surface area contributed by atoms with Crippen molar-refractivity contribution in [3.05, 3.63) is 64.1 Å². The van der Waals surface area contributed by atoms with E-state index in [0.717, 1.165) is 9.37 Å². The maximum atomic E-state index is 12.8. The van der Waals surface area contributed by atoms with Gasteiger partial charge in [-0.1, -0.05) is 28.1 Å². The molecule has 1 fully saturated rings. The van der Waals surface area contributed by atoms with Crippen molar-refractivity contribution in [3.63, 3.8) is 0 Å². The largest absolute Gasteiger partial charge is 0.494 e. The third kappa shape index (κ3) is 3.67. The molecule has 0 unspecified atom stereocenters. The van der Waals surface area contributed by atoms with Gasteiger partial charge in [0.25, 0.3) is 11.8 Å². The molecule has 7 heteroatoms. The van der Waals surface area contributed by atoms with Gasteiger partial charge in [-0.25, -0.2) is 9.69 Å². The van der Waals surface area contributed by atoms with Gasteiger partial charge in [0, 0.05) is 4.47 Å². The number of halogens is 1. The van der Waals surface area contributed by atoms with Crippen LogP contribution in [0, 0.1) is 0 Å². The van der Waals surface area contributed by atoms with Gasteiger partial charge in [0.2, 0.25) is 0 Å². The summed E-state index contributed by atoms with van der Waals surface area (Å²) in [7, 11) is 0. The van der Waals surface area contributed by atoms with Gasteiger partial charge in [-0.2, -0.15) is 0 Å². The SMILES string of the molecule is CCOc1cccc(/C=C2\C(=O)NC(=O)N(c3ccc(Br)cc3)C2=O)c1. The first-order chi connectivity index (χ1) is 12.5. The van der Waals surface area contributed by atoms with E-state index in [2.05, 4.69) is 21.2 Å². The molecule has 26 heavy (non-hydrogen) atoms. The zero-order valence-corrected chi connectivity index (χ0v) is 15.4. The topological polar surface area (TPSA) is 75.7 Å². The Kier molecular flexibility index (Phi) is 5.18. The molecule has 0 aliphatic carbocycles. The van der Waals surface area contributed by atoms with Crippen LogP contribution in [0.1, 0.15) is 12.5 Å². The molecule has 1 heterocycles. The summed E-state index contributed by atoms with van der Waals surface area (Å²) in [5.41, 5.74) is 0.873. The highest BCUT2D eigenvalue weighted by molar-refractivity contribution is 9.10. The van der Waals surface area contributed by atoms with E-state index in [9.17, 15) is 14.4 Å². The molecule has 1 N–H and O–H groups in total. The second kappa shape index (κ2) is 7.53. The predicted octanol–water partition coefficient (Wildman–Crippen LogP) is 3.51. The number of nitrogens with one attached hydrogen (secondary N) is 1. The summed E-state index contributed by atoms with van der Waals surface area (Å²) >= 11 is 3.30. The van der Waals surface area contributed by atoms with Crippen LogP contribution < -0.4 is 15.0 Å². The number of urea groups is 1. The normalized spacial score (nSPS) is 16.0. The first-order valence-corrected chi connectivity index (χ1v) is 8.69.